The van der Waals surface area contributed by atoms with E-state index in [1.807, 2.05) is 0 Å². The zero-order valence-electron chi connectivity index (χ0n) is 10.6. The van der Waals surface area contributed by atoms with Crippen LogP contribution < -0.4 is 16.0 Å². The summed E-state index contributed by atoms with van der Waals surface area (Å²) in [7, 11) is 0. The van der Waals surface area contributed by atoms with Crippen molar-refractivity contribution in [3.8, 4) is 0 Å². The van der Waals surface area contributed by atoms with Crippen LogP contribution in [0, 0.1) is 5.41 Å². The third-order valence-corrected chi connectivity index (χ3v) is 3.59. The summed E-state index contributed by atoms with van der Waals surface area (Å²) in [4.78, 5) is 34.2. The predicted octanol–water partition coefficient (Wildman–Crippen LogP) is -2.32. The van der Waals surface area contributed by atoms with E-state index in [1.165, 1.54) is 0 Å². The molecule has 2 fully saturated rings. The van der Waals surface area contributed by atoms with Crippen LogP contribution in [0.2, 0.25) is 0 Å². The highest BCUT2D eigenvalue weighted by molar-refractivity contribution is 5.87. The number of amides is 2. The van der Waals surface area contributed by atoms with E-state index in [0.29, 0.717) is 0 Å². The molecular formula is C11H17N3O5. The van der Waals surface area contributed by atoms with Gasteiger partial charge in [-0.05, 0) is 6.92 Å². The first-order valence-electron chi connectivity index (χ1n) is 6.05. The minimum Gasteiger partial charge on any atom is -0.481 e. The Hall–Kier alpha value is -1.67. The second kappa shape index (κ2) is 5.14. The average Bonchev–Trinajstić information content (AvgIpc) is 2.73. The molecular weight excluding hydrogens is 254 g/mol. The summed E-state index contributed by atoms with van der Waals surface area (Å²) in [5, 5.41) is 17.2. The summed E-state index contributed by atoms with van der Waals surface area (Å²) >= 11 is 0. The van der Waals surface area contributed by atoms with Crippen molar-refractivity contribution in [3.63, 3.8) is 0 Å². The molecule has 2 amide bonds. The highest BCUT2D eigenvalue weighted by atomic mass is 16.5. The van der Waals surface area contributed by atoms with Crippen molar-refractivity contribution >= 4 is 17.8 Å². The molecule has 0 aromatic heterocycles. The van der Waals surface area contributed by atoms with Crippen molar-refractivity contribution in [3.05, 3.63) is 0 Å². The van der Waals surface area contributed by atoms with E-state index in [1.54, 1.807) is 6.92 Å². The Bertz CT molecular complexity index is 403. The van der Waals surface area contributed by atoms with E-state index in [0.717, 1.165) is 0 Å². The molecule has 0 radical (unpaired) electrons. The molecule has 0 aliphatic carbocycles. The third-order valence-electron chi connectivity index (χ3n) is 3.59. The van der Waals surface area contributed by atoms with Crippen molar-refractivity contribution in [2.75, 3.05) is 26.3 Å². The van der Waals surface area contributed by atoms with Crippen LogP contribution in [0.5, 0.6) is 0 Å². The van der Waals surface area contributed by atoms with Gasteiger partial charge in [0, 0.05) is 6.54 Å². The molecule has 0 saturated carbocycles. The number of nitrogens with one attached hydrogen (secondary N) is 3. The fraction of sp³-hybridized carbons (Fsp3) is 0.727. The lowest BCUT2D eigenvalue weighted by atomic mass is 9.85. The fourth-order valence-corrected chi connectivity index (χ4v) is 2.11. The van der Waals surface area contributed by atoms with E-state index in [2.05, 4.69) is 16.0 Å². The molecule has 2 saturated heterocycles. The Morgan fingerprint density at radius 2 is 2.26 bits per heavy atom. The van der Waals surface area contributed by atoms with Crippen LogP contribution in [0.3, 0.4) is 0 Å². The second-order valence-corrected chi connectivity index (χ2v) is 5.04. The van der Waals surface area contributed by atoms with Gasteiger partial charge in [-0.2, -0.15) is 0 Å². The third kappa shape index (κ3) is 2.69. The van der Waals surface area contributed by atoms with Gasteiger partial charge in [-0.3, -0.25) is 19.7 Å². The van der Waals surface area contributed by atoms with Gasteiger partial charge in [-0.15, -0.1) is 0 Å². The monoisotopic (exact) mass is 271 g/mol. The van der Waals surface area contributed by atoms with Gasteiger partial charge in [0.05, 0.1) is 25.8 Å². The lowest BCUT2D eigenvalue weighted by Gasteiger charge is -2.29. The molecule has 2 aliphatic heterocycles. The van der Waals surface area contributed by atoms with Crippen LogP contribution in [0.25, 0.3) is 0 Å². The van der Waals surface area contributed by atoms with Gasteiger partial charge in [-0.1, -0.05) is 0 Å². The van der Waals surface area contributed by atoms with Crippen molar-refractivity contribution in [1.29, 1.82) is 0 Å². The Morgan fingerprint density at radius 3 is 2.84 bits per heavy atom. The van der Waals surface area contributed by atoms with Gasteiger partial charge >= 0.3 is 5.97 Å². The zero-order valence-corrected chi connectivity index (χ0v) is 10.6. The largest absolute Gasteiger partial charge is 0.481 e. The summed E-state index contributed by atoms with van der Waals surface area (Å²) in [6.07, 6.45) is 0. The number of rotatable bonds is 3. The van der Waals surface area contributed by atoms with Crippen molar-refractivity contribution in [2.24, 2.45) is 5.41 Å². The minimum absolute atomic E-state index is 0.0715. The number of carboxylic acid groups (broad SMARTS) is 1. The van der Waals surface area contributed by atoms with Crippen LogP contribution >= 0.6 is 0 Å². The normalized spacial score (nSPS) is 34.7. The maximum absolute atomic E-state index is 12.0. The highest BCUT2D eigenvalue weighted by Gasteiger charge is 2.47. The number of aliphatic carboxylic acids is 1. The number of hydrogen-bond donors (Lipinski definition) is 4. The number of carbonyl (C=O) groups excluding carboxylic acids is 2. The summed E-state index contributed by atoms with van der Waals surface area (Å²) < 4.78 is 5.15. The number of hydrogen-bond acceptors (Lipinski definition) is 5. The van der Waals surface area contributed by atoms with E-state index in [9.17, 15) is 19.5 Å². The molecule has 8 heteroatoms. The number of carbonyl (C=O) groups is 3. The van der Waals surface area contributed by atoms with Gasteiger partial charge in [0.2, 0.25) is 11.8 Å². The van der Waals surface area contributed by atoms with Crippen LogP contribution in [-0.4, -0.2) is 61.3 Å². The van der Waals surface area contributed by atoms with Crippen molar-refractivity contribution in [1.82, 2.24) is 16.0 Å². The summed E-state index contributed by atoms with van der Waals surface area (Å²) in [6.45, 7) is 2.07. The summed E-state index contributed by atoms with van der Waals surface area (Å²) in [6, 6.07) is -1.12. The highest BCUT2D eigenvalue weighted by Crippen LogP contribution is 2.28. The van der Waals surface area contributed by atoms with Gasteiger partial charge in [0.15, 0.2) is 0 Å². The van der Waals surface area contributed by atoms with Crippen LogP contribution in [-0.2, 0) is 19.1 Å². The number of ether oxygens (including phenoxy) is 1. The molecule has 8 nitrogen and oxygen atoms in total. The van der Waals surface area contributed by atoms with Crippen LogP contribution in [0.15, 0.2) is 0 Å². The summed E-state index contributed by atoms with van der Waals surface area (Å²) in [5.41, 5.74) is -1.12. The van der Waals surface area contributed by atoms with Crippen molar-refractivity contribution in [2.45, 2.75) is 19.0 Å². The van der Waals surface area contributed by atoms with Gasteiger partial charge in [-0.25, -0.2) is 0 Å². The molecule has 2 aliphatic rings. The molecule has 2 heterocycles. The first kappa shape index (κ1) is 13.8. The Morgan fingerprint density at radius 1 is 1.53 bits per heavy atom. The molecule has 2 rings (SSSR count). The Labute approximate surface area is 109 Å². The number of carboxylic acids is 1. The SMILES string of the molecule is CC1(C(=O)O)COCC1NC(=O)C1CNC(=O)CN1. The quantitative estimate of drug-likeness (QED) is 0.458. The second-order valence-electron chi connectivity index (χ2n) is 5.04. The first-order chi connectivity index (χ1) is 8.93. The lowest BCUT2D eigenvalue weighted by molar-refractivity contribution is -0.149. The lowest BCUT2D eigenvalue weighted by Crippen LogP contribution is -2.61. The van der Waals surface area contributed by atoms with Gasteiger partial charge in [0.25, 0.3) is 0 Å². The van der Waals surface area contributed by atoms with E-state index in [4.69, 9.17) is 4.74 Å². The Balaban J connectivity index is 1.95. The van der Waals surface area contributed by atoms with Crippen LogP contribution in [0.1, 0.15) is 6.92 Å². The smallest absolute Gasteiger partial charge is 0.313 e. The molecule has 0 spiro atoms. The first-order valence-corrected chi connectivity index (χ1v) is 6.05. The standard InChI is InChI=1S/C11H17N3O5/c1-11(10(17)18)5-19-4-7(11)14-9(16)6-2-13-8(15)3-12-6/h6-7,12H,2-5H2,1H3,(H,13,15)(H,14,16)(H,17,18). The van der Waals surface area contributed by atoms with E-state index < -0.39 is 23.5 Å². The minimum atomic E-state index is -1.12. The molecule has 0 bridgehead atoms. The van der Waals surface area contributed by atoms with Gasteiger partial charge in [0.1, 0.15) is 11.5 Å². The van der Waals surface area contributed by atoms with Crippen molar-refractivity contribution < 1.29 is 24.2 Å². The number of piperazine rings is 1. The molecule has 0 aromatic carbocycles. The maximum Gasteiger partial charge on any atom is 0.313 e. The summed E-state index contributed by atoms with van der Waals surface area (Å²) in [5.74, 6) is -1.49. The molecule has 3 unspecified atom stereocenters. The van der Waals surface area contributed by atoms with Crippen LogP contribution in [0.4, 0.5) is 0 Å². The average molecular weight is 271 g/mol. The fourth-order valence-electron chi connectivity index (χ4n) is 2.11. The maximum atomic E-state index is 12.0. The molecule has 3 atom stereocenters. The molecule has 0 aromatic rings. The Kier molecular flexibility index (Phi) is 3.72. The molecule has 106 valence electrons. The van der Waals surface area contributed by atoms with Gasteiger partial charge < -0.3 is 20.5 Å². The van der Waals surface area contributed by atoms with E-state index >= 15 is 0 Å². The van der Waals surface area contributed by atoms with E-state index in [-0.39, 0.29) is 38.1 Å². The zero-order chi connectivity index (χ0) is 14.0. The molecule has 4 N–H and O–H groups in total. The molecule has 19 heavy (non-hydrogen) atoms. The predicted molar refractivity (Wildman–Crippen MR) is 63.3 cm³/mol. The topological polar surface area (TPSA) is 117 Å².